The lowest BCUT2D eigenvalue weighted by Gasteiger charge is -2.11. The maximum absolute atomic E-state index is 11.3. The van der Waals surface area contributed by atoms with E-state index in [1.165, 1.54) is 0 Å². The predicted octanol–water partition coefficient (Wildman–Crippen LogP) is 4.31. The standard InChI is InChI=1S/C22H23ClN4O2S/c23-17-11-9-15(10-12-17)19-20(16-6-2-1-3-7-16)30-22(27-19)25-13-5-4-8-18(21(24)29)26-14-28/h1-3,6-7,9-12,14,18H,4-5,8,13H2,(H2,24,29)(H,25,27)(H,26,28). The molecule has 1 atom stereocenters. The van der Waals surface area contributed by atoms with Crippen molar-refractivity contribution in [3.05, 3.63) is 59.6 Å². The smallest absolute Gasteiger partial charge is 0.239 e. The minimum atomic E-state index is -0.622. The molecule has 2 amide bonds. The number of nitrogens with two attached hydrogens (primary N) is 1. The monoisotopic (exact) mass is 442 g/mol. The van der Waals surface area contributed by atoms with Crippen LogP contribution in [0.5, 0.6) is 0 Å². The number of rotatable bonds is 11. The molecule has 2 aromatic carbocycles. The zero-order valence-corrected chi connectivity index (χ0v) is 17.9. The number of carbonyl (C=O) groups excluding carboxylic acids is 2. The van der Waals surface area contributed by atoms with E-state index < -0.39 is 11.9 Å². The van der Waals surface area contributed by atoms with Crippen molar-refractivity contribution in [2.45, 2.75) is 25.3 Å². The highest BCUT2D eigenvalue weighted by Gasteiger charge is 2.15. The van der Waals surface area contributed by atoms with Crippen LogP contribution in [0.4, 0.5) is 5.13 Å². The third-order valence-electron chi connectivity index (χ3n) is 4.59. The molecule has 0 fully saturated rings. The first-order valence-electron chi connectivity index (χ1n) is 9.63. The Balaban J connectivity index is 1.68. The highest BCUT2D eigenvalue weighted by molar-refractivity contribution is 7.19. The first-order chi connectivity index (χ1) is 14.6. The number of halogens is 1. The molecule has 6 nitrogen and oxygen atoms in total. The number of hydrogen-bond donors (Lipinski definition) is 3. The second-order valence-corrected chi connectivity index (χ2v) is 8.17. The van der Waals surface area contributed by atoms with E-state index in [4.69, 9.17) is 22.3 Å². The van der Waals surface area contributed by atoms with Crippen LogP contribution in [-0.2, 0) is 9.59 Å². The first kappa shape index (κ1) is 21.8. The van der Waals surface area contributed by atoms with Crippen molar-refractivity contribution >= 4 is 40.4 Å². The Bertz CT molecular complexity index is 977. The molecule has 0 bridgehead atoms. The topological polar surface area (TPSA) is 97.1 Å². The van der Waals surface area contributed by atoms with Crippen molar-refractivity contribution < 1.29 is 9.59 Å². The fourth-order valence-electron chi connectivity index (χ4n) is 3.04. The van der Waals surface area contributed by atoms with Gasteiger partial charge in [0.1, 0.15) is 6.04 Å². The van der Waals surface area contributed by atoms with E-state index >= 15 is 0 Å². The Morgan fingerprint density at radius 2 is 1.83 bits per heavy atom. The molecule has 0 aliphatic carbocycles. The maximum Gasteiger partial charge on any atom is 0.239 e. The minimum absolute atomic E-state index is 0.507. The van der Waals surface area contributed by atoms with Crippen LogP contribution in [0.2, 0.25) is 5.02 Å². The number of unbranched alkanes of at least 4 members (excludes halogenated alkanes) is 1. The molecular weight excluding hydrogens is 420 g/mol. The van der Waals surface area contributed by atoms with Crippen LogP contribution in [0.3, 0.4) is 0 Å². The molecule has 0 saturated heterocycles. The Morgan fingerprint density at radius 3 is 2.50 bits per heavy atom. The summed E-state index contributed by atoms with van der Waals surface area (Å²) in [4.78, 5) is 27.7. The van der Waals surface area contributed by atoms with Gasteiger partial charge < -0.3 is 16.4 Å². The summed E-state index contributed by atoms with van der Waals surface area (Å²) >= 11 is 7.64. The van der Waals surface area contributed by atoms with Gasteiger partial charge in [-0.15, -0.1) is 0 Å². The summed E-state index contributed by atoms with van der Waals surface area (Å²) in [5, 5.41) is 7.33. The predicted molar refractivity (Wildman–Crippen MR) is 123 cm³/mol. The molecule has 0 saturated carbocycles. The van der Waals surface area contributed by atoms with Gasteiger partial charge >= 0.3 is 0 Å². The Labute approximate surface area is 184 Å². The normalized spacial score (nSPS) is 11.6. The highest BCUT2D eigenvalue weighted by atomic mass is 35.5. The average Bonchev–Trinajstić information content (AvgIpc) is 3.18. The Kier molecular flexibility index (Phi) is 7.82. The minimum Gasteiger partial charge on any atom is -0.368 e. The molecule has 1 heterocycles. The number of hydrogen-bond acceptors (Lipinski definition) is 5. The van der Waals surface area contributed by atoms with Crippen molar-refractivity contribution in [3.8, 4) is 21.7 Å². The van der Waals surface area contributed by atoms with E-state index in [1.807, 2.05) is 42.5 Å². The second kappa shape index (κ2) is 10.8. The maximum atomic E-state index is 11.3. The summed E-state index contributed by atoms with van der Waals surface area (Å²) in [7, 11) is 0. The number of aromatic nitrogens is 1. The lowest BCUT2D eigenvalue weighted by atomic mass is 10.1. The fourth-order valence-corrected chi connectivity index (χ4v) is 4.19. The Morgan fingerprint density at radius 1 is 1.10 bits per heavy atom. The molecule has 3 aromatic rings. The lowest BCUT2D eigenvalue weighted by Crippen LogP contribution is -2.40. The van der Waals surface area contributed by atoms with Gasteiger partial charge in [-0.2, -0.15) is 0 Å². The van der Waals surface area contributed by atoms with Crippen LogP contribution in [0, 0.1) is 0 Å². The van der Waals surface area contributed by atoms with E-state index in [1.54, 1.807) is 11.3 Å². The zero-order chi connectivity index (χ0) is 21.3. The van der Waals surface area contributed by atoms with Crippen LogP contribution in [0.25, 0.3) is 21.7 Å². The van der Waals surface area contributed by atoms with Crippen molar-refractivity contribution in [1.29, 1.82) is 0 Å². The molecule has 3 rings (SSSR count). The van der Waals surface area contributed by atoms with Crippen LogP contribution >= 0.6 is 22.9 Å². The largest absolute Gasteiger partial charge is 0.368 e. The quantitative estimate of drug-likeness (QED) is 0.304. The van der Waals surface area contributed by atoms with E-state index in [0.717, 1.165) is 39.7 Å². The molecule has 0 aliphatic rings. The number of thiazole rings is 1. The van der Waals surface area contributed by atoms with Gasteiger partial charge in [0.05, 0.1) is 10.6 Å². The van der Waals surface area contributed by atoms with Crippen LogP contribution in [-0.4, -0.2) is 29.9 Å². The molecular formula is C22H23ClN4O2S. The van der Waals surface area contributed by atoms with Gasteiger partial charge in [-0.05, 0) is 37.0 Å². The molecule has 1 unspecified atom stereocenters. The van der Waals surface area contributed by atoms with Crippen molar-refractivity contribution in [1.82, 2.24) is 10.3 Å². The van der Waals surface area contributed by atoms with Gasteiger partial charge in [0, 0.05) is 17.1 Å². The molecule has 0 aliphatic heterocycles. The summed E-state index contributed by atoms with van der Waals surface area (Å²) in [5.41, 5.74) is 8.30. The molecule has 156 valence electrons. The summed E-state index contributed by atoms with van der Waals surface area (Å²) in [6.07, 6.45) is 2.59. The van der Waals surface area contributed by atoms with Crippen LogP contribution < -0.4 is 16.4 Å². The highest BCUT2D eigenvalue weighted by Crippen LogP contribution is 2.39. The summed E-state index contributed by atoms with van der Waals surface area (Å²) in [5.74, 6) is -0.518. The number of amides is 2. The molecule has 0 radical (unpaired) electrons. The average molecular weight is 443 g/mol. The zero-order valence-electron chi connectivity index (χ0n) is 16.3. The molecule has 30 heavy (non-hydrogen) atoms. The Hall–Kier alpha value is -2.90. The third kappa shape index (κ3) is 5.81. The summed E-state index contributed by atoms with van der Waals surface area (Å²) < 4.78 is 0. The van der Waals surface area contributed by atoms with E-state index in [2.05, 4.69) is 22.8 Å². The molecule has 1 aromatic heterocycles. The number of nitrogens with zero attached hydrogens (tertiary/aromatic N) is 1. The number of carbonyl (C=O) groups is 2. The first-order valence-corrected chi connectivity index (χ1v) is 10.8. The van der Waals surface area contributed by atoms with Crippen LogP contribution in [0.1, 0.15) is 19.3 Å². The van der Waals surface area contributed by atoms with Gasteiger partial charge in [0.25, 0.3) is 0 Å². The number of nitrogens with one attached hydrogen (secondary N) is 2. The number of primary amides is 1. The van der Waals surface area contributed by atoms with Gasteiger partial charge in [-0.1, -0.05) is 65.4 Å². The van der Waals surface area contributed by atoms with E-state index in [0.29, 0.717) is 24.4 Å². The van der Waals surface area contributed by atoms with Crippen molar-refractivity contribution in [2.24, 2.45) is 5.73 Å². The SMILES string of the molecule is NC(=O)C(CCCCNc1nc(-c2ccc(Cl)cc2)c(-c2ccccc2)s1)NC=O. The fraction of sp³-hybridized carbons (Fsp3) is 0.227. The number of benzene rings is 2. The van der Waals surface area contributed by atoms with Crippen molar-refractivity contribution in [3.63, 3.8) is 0 Å². The third-order valence-corrected chi connectivity index (χ3v) is 5.90. The van der Waals surface area contributed by atoms with E-state index in [9.17, 15) is 9.59 Å². The summed E-state index contributed by atoms with van der Waals surface area (Å²) in [6.45, 7) is 0.703. The van der Waals surface area contributed by atoms with Gasteiger partial charge in [-0.25, -0.2) is 4.98 Å². The second-order valence-electron chi connectivity index (χ2n) is 6.73. The lowest BCUT2D eigenvalue weighted by molar-refractivity contribution is -0.122. The summed E-state index contributed by atoms with van der Waals surface area (Å²) in [6, 6.07) is 17.2. The molecule has 0 spiro atoms. The van der Waals surface area contributed by atoms with Crippen LogP contribution in [0.15, 0.2) is 54.6 Å². The van der Waals surface area contributed by atoms with Gasteiger partial charge in [0.15, 0.2) is 5.13 Å². The number of anilines is 1. The van der Waals surface area contributed by atoms with Gasteiger partial charge in [0.2, 0.25) is 12.3 Å². The van der Waals surface area contributed by atoms with Gasteiger partial charge in [-0.3, -0.25) is 9.59 Å². The van der Waals surface area contributed by atoms with Crippen molar-refractivity contribution in [2.75, 3.05) is 11.9 Å². The molecule has 4 N–H and O–H groups in total. The van der Waals surface area contributed by atoms with E-state index in [-0.39, 0.29) is 0 Å². The molecule has 8 heteroatoms.